The zero-order valence-electron chi connectivity index (χ0n) is 12.8. The third-order valence-electron chi connectivity index (χ3n) is 2.90. The van der Waals surface area contributed by atoms with E-state index in [4.69, 9.17) is 9.47 Å². The number of esters is 2. The van der Waals surface area contributed by atoms with Gasteiger partial charge >= 0.3 is 16.9 Å². The number of nitrogens with zero attached hydrogens (tertiary/aromatic N) is 2. The van der Waals surface area contributed by atoms with Gasteiger partial charge in [0.25, 0.3) is 5.56 Å². The van der Waals surface area contributed by atoms with Crippen LogP contribution in [0.5, 0.6) is 0 Å². The maximum absolute atomic E-state index is 12.2. The Hall–Kier alpha value is -2.82. The predicted molar refractivity (Wildman–Crippen MR) is 83.2 cm³/mol. The van der Waals surface area contributed by atoms with Crippen molar-refractivity contribution in [2.45, 2.75) is 20.3 Å². The number of fused-ring (bicyclic) bond motifs is 1. The average molecular weight is 355 g/mol. The number of nitrogens with one attached hydrogen (secondary N) is 1. The number of hydrogen-bond acceptors (Lipinski definition) is 9. The molecular weight excluding hydrogens is 342 g/mol. The van der Waals surface area contributed by atoms with Crippen LogP contribution in [-0.2, 0) is 20.7 Å². The van der Waals surface area contributed by atoms with Gasteiger partial charge in [-0.15, -0.1) is 0 Å². The van der Waals surface area contributed by atoms with Crippen molar-refractivity contribution < 1.29 is 24.0 Å². The summed E-state index contributed by atoms with van der Waals surface area (Å²) >= 11 is 0.610. The van der Waals surface area contributed by atoms with Crippen LogP contribution in [0.4, 0.5) is 5.00 Å². The first kappa shape index (κ1) is 17.5. The fourth-order valence-corrected chi connectivity index (χ4v) is 3.03. The van der Waals surface area contributed by atoms with E-state index >= 15 is 0 Å². The summed E-state index contributed by atoms with van der Waals surface area (Å²) < 4.78 is 9.51. The number of carbonyl (C=O) groups excluding carboxylic acids is 2. The van der Waals surface area contributed by atoms with Crippen molar-refractivity contribution in [1.29, 1.82) is 0 Å². The summed E-state index contributed by atoms with van der Waals surface area (Å²) in [6.45, 7) is 3.37. The first-order valence-corrected chi connectivity index (χ1v) is 7.73. The quantitative estimate of drug-likeness (QED) is 0.462. The Balaban J connectivity index is 2.61. The summed E-state index contributed by atoms with van der Waals surface area (Å²) in [5, 5.41) is 10.7. The van der Waals surface area contributed by atoms with E-state index in [-0.39, 0.29) is 34.8 Å². The molecule has 0 radical (unpaired) electrons. The van der Waals surface area contributed by atoms with Crippen molar-refractivity contribution in [1.82, 2.24) is 9.97 Å². The van der Waals surface area contributed by atoms with Gasteiger partial charge in [0.2, 0.25) is 5.82 Å². The minimum absolute atomic E-state index is 0.0206. The molecule has 0 atom stereocenters. The van der Waals surface area contributed by atoms with E-state index < -0.39 is 33.8 Å². The zero-order chi connectivity index (χ0) is 17.9. The van der Waals surface area contributed by atoms with Crippen LogP contribution in [0.15, 0.2) is 4.79 Å². The van der Waals surface area contributed by atoms with Crippen molar-refractivity contribution in [2.24, 2.45) is 0 Å². The van der Waals surface area contributed by atoms with Gasteiger partial charge in [-0.2, -0.15) is 0 Å². The van der Waals surface area contributed by atoms with E-state index in [1.54, 1.807) is 13.8 Å². The maximum atomic E-state index is 12.2. The molecule has 10 nitrogen and oxygen atoms in total. The smallest absolute Gasteiger partial charge is 0.374 e. The monoisotopic (exact) mass is 355 g/mol. The normalized spacial score (nSPS) is 10.6. The van der Waals surface area contributed by atoms with E-state index in [1.807, 2.05) is 0 Å². The molecule has 0 fully saturated rings. The Kier molecular flexibility index (Phi) is 5.24. The lowest BCUT2D eigenvalue weighted by Gasteiger charge is -2.02. The largest absolute Gasteiger partial charge is 0.466 e. The summed E-state index contributed by atoms with van der Waals surface area (Å²) in [5.74, 6) is -1.90. The second-order valence-corrected chi connectivity index (χ2v) is 5.42. The fourth-order valence-electron chi connectivity index (χ4n) is 2.02. The van der Waals surface area contributed by atoms with Crippen molar-refractivity contribution in [3.05, 3.63) is 31.9 Å². The van der Waals surface area contributed by atoms with Gasteiger partial charge in [-0.1, -0.05) is 0 Å². The highest BCUT2D eigenvalue weighted by atomic mass is 32.1. The molecular formula is C13H13N3O7S. The Bertz CT molecular complexity index is 870. The SMILES string of the molecule is CCOC(=O)Cc1c([N+](=O)[O-])sc2nc(C(=O)OCC)[nH]c(=O)c12. The Morgan fingerprint density at radius 1 is 1.29 bits per heavy atom. The van der Waals surface area contributed by atoms with Gasteiger partial charge in [-0.3, -0.25) is 19.7 Å². The number of aromatic nitrogens is 2. The third kappa shape index (κ3) is 3.40. The molecule has 0 saturated carbocycles. The second kappa shape index (κ2) is 7.17. The van der Waals surface area contributed by atoms with Gasteiger partial charge in [-0.05, 0) is 25.2 Å². The molecule has 0 spiro atoms. The van der Waals surface area contributed by atoms with Crippen LogP contribution in [0.25, 0.3) is 10.2 Å². The van der Waals surface area contributed by atoms with Crippen LogP contribution in [-0.4, -0.2) is 40.0 Å². The third-order valence-corrected chi connectivity index (χ3v) is 3.98. The maximum Gasteiger partial charge on any atom is 0.374 e. The zero-order valence-corrected chi connectivity index (χ0v) is 13.6. The topological polar surface area (TPSA) is 141 Å². The number of nitro groups is 1. The first-order chi connectivity index (χ1) is 11.4. The lowest BCUT2D eigenvalue weighted by molar-refractivity contribution is -0.380. The standard InChI is InChI=1S/C13H13N3O7S/c1-3-22-7(17)5-6-8-10(18)14-9(13(19)23-4-2)15-11(8)24-12(6)16(20)21/h3-5H2,1-2H3,(H,14,15,18). The molecule has 2 aromatic heterocycles. The molecule has 24 heavy (non-hydrogen) atoms. The molecule has 0 saturated heterocycles. The van der Waals surface area contributed by atoms with Gasteiger partial charge in [0, 0.05) is 0 Å². The van der Waals surface area contributed by atoms with Crippen LogP contribution in [0.1, 0.15) is 30.0 Å². The predicted octanol–water partition coefficient (Wildman–Crippen LogP) is 1.18. The Morgan fingerprint density at radius 3 is 2.54 bits per heavy atom. The summed E-state index contributed by atoms with van der Waals surface area (Å²) in [4.78, 5) is 52.2. The van der Waals surface area contributed by atoms with Crippen LogP contribution in [0.3, 0.4) is 0 Å². The fraction of sp³-hybridized carbons (Fsp3) is 0.385. The minimum Gasteiger partial charge on any atom is -0.466 e. The van der Waals surface area contributed by atoms with Crippen molar-refractivity contribution in [3.8, 4) is 0 Å². The highest BCUT2D eigenvalue weighted by Crippen LogP contribution is 2.34. The summed E-state index contributed by atoms with van der Waals surface area (Å²) in [6.07, 6.45) is -0.437. The van der Waals surface area contributed by atoms with E-state index in [0.717, 1.165) is 0 Å². The number of hydrogen-bond donors (Lipinski definition) is 1. The van der Waals surface area contributed by atoms with Crippen LogP contribution in [0.2, 0.25) is 0 Å². The van der Waals surface area contributed by atoms with Crippen molar-refractivity contribution in [3.63, 3.8) is 0 Å². The highest BCUT2D eigenvalue weighted by molar-refractivity contribution is 7.21. The molecule has 0 amide bonds. The molecule has 0 aromatic carbocycles. The van der Waals surface area contributed by atoms with Gasteiger partial charge in [0.15, 0.2) is 0 Å². The lowest BCUT2D eigenvalue weighted by Crippen LogP contribution is -2.18. The second-order valence-electron chi connectivity index (χ2n) is 4.44. The van der Waals surface area contributed by atoms with Gasteiger partial charge in [0.05, 0.1) is 35.5 Å². The molecule has 0 aliphatic carbocycles. The Labute approximate surface area is 138 Å². The molecule has 2 heterocycles. The Morgan fingerprint density at radius 2 is 1.96 bits per heavy atom. The molecule has 128 valence electrons. The summed E-state index contributed by atoms with van der Waals surface area (Å²) in [5.41, 5.74) is -0.839. The summed E-state index contributed by atoms with van der Waals surface area (Å²) in [7, 11) is 0. The van der Waals surface area contributed by atoms with E-state index in [0.29, 0.717) is 11.3 Å². The molecule has 0 aliphatic heterocycles. The number of carbonyl (C=O) groups is 2. The van der Waals surface area contributed by atoms with Crippen LogP contribution < -0.4 is 5.56 Å². The summed E-state index contributed by atoms with van der Waals surface area (Å²) in [6, 6.07) is 0. The molecule has 0 aliphatic rings. The average Bonchev–Trinajstić information content (AvgIpc) is 2.87. The van der Waals surface area contributed by atoms with Crippen LogP contribution >= 0.6 is 11.3 Å². The number of aromatic amines is 1. The van der Waals surface area contributed by atoms with Crippen molar-refractivity contribution in [2.75, 3.05) is 13.2 Å². The molecule has 0 bridgehead atoms. The number of rotatable bonds is 6. The van der Waals surface area contributed by atoms with E-state index in [1.165, 1.54) is 0 Å². The molecule has 1 N–H and O–H groups in total. The minimum atomic E-state index is -0.848. The van der Waals surface area contributed by atoms with Crippen LogP contribution in [0, 0.1) is 10.1 Å². The molecule has 0 unspecified atom stereocenters. The number of H-pyrrole nitrogens is 1. The van der Waals surface area contributed by atoms with Gasteiger partial charge in [0.1, 0.15) is 4.83 Å². The number of thiophene rings is 1. The molecule has 11 heteroatoms. The first-order valence-electron chi connectivity index (χ1n) is 6.91. The lowest BCUT2D eigenvalue weighted by atomic mass is 10.1. The molecule has 2 rings (SSSR count). The highest BCUT2D eigenvalue weighted by Gasteiger charge is 2.28. The van der Waals surface area contributed by atoms with Crippen molar-refractivity contribution >= 4 is 38.5 Å². The van der Waals surface area contributed by atoms with E-state index in [2.05, 4.69) is 9.97 Å². The van der Waals surface area contributed by atoms with Gasteiger partial charge in [-0.25, -0.2) is 9.78 Å². The van der Waals surface area contributed by atoms with E-state index in [9.17, 15) is 24.5 Å². The molecule has 2 aromatic rings. The van der Waals surface area contributed by atoms with Gasteiger partial charge < -0.3 is 14.5 Å². The number of ether oxygens (including phenoxy) is 2.